The van der Waals surface area contributed by atoms with Gasteiger partial charge in [-0.25, -0.2) is 0 Å². The number of amides is 2. The fraction of sp³-hybridized carbons (Fsp3) is 0.211. The van der Waals surface area contributed by atoms with Gasteiger partial charge in [-0.15, -0.1) is 0 Å². The number of rotatable bonds is 5. The summed E-state index contributed by atoms with van der Waals surface area (Å²) in [6.07, 6.45) is 0.889. The van der Waals surface area contributed by atoms with Crippen LogP contribution in [-0.4, -0.2) is 23.5 Å². The molecule has 0 radical (unpaired) electrons. The molecule has 2 aromatic rings. The van der Waals surface area contributed by atoms with E-state index in [1.54, 1.807) is 36.4 Å². The standard InChI is InChI=1S/C19H21N3O2S/c1-3-12-20-17(23)14-8-10-15(11-9-14)21-19(25)22-18(24)16-7-5-4-6-13(16)2/h4-11H,3,12H2,1-2H3,(H,20,23)(H2,21,22,24,25). The molecule has 0 bridgehead atoms. The maximum absolute atomic E-state index is 12.2. The SMILES string of the molecule is CCCNC(=O)c1ccc(NC(=S)NC(=O)c2ccccc2C)cc1. The zero-order valence-electron chi connectivity index (χ0n) is 14.3. The van der Waals surface area contributed by atoms with E-state index in [0.717, 1.165) is 12.0 Å². The van der Waals surface area contributed by atoms with Crippen molar-refractivity contribution in [2.75, 3.05) is 11.9 Å². The van der Waals surface area contributed by atoms with Gasteiger partial charge in [-0.3, -0.25) is 14.9 Å². The summed E-state index contributed by atoms with van der Waals surface area (Å²) in [5.41, 5.74) is 2.73. The second-order valence-electron chi connectivity index (χ2n) is 5.56. The van der Waals surface area contributed by atoms with Gasteiger partial charge in [0.2, 0.25) is 0 Å². The van der Waals surface area contributed by atoms with Crippen LogP contribution >= 0.6 is 12.2 Å². The summed E-state index contributed by atoms with van der Waals surface area (Å²) in [6, 6.07) is 14.2. The van der Waals surface area contributed by atoms with Gasteiger partial charge < -0.3 is 10.6 Å². The molecule has 2 aromatic carbocycles. The second kappa shape index (κ2) is 8.94. The first-order valence-corrected chi connectivity index (χ1v) is 8.48. The van der Waals surface area contributed by atoms with Crippen molar-refractivity contribution in [1.29, 1.82) is 0 Å². The second-order valence-corrected chi connectivity index (χ2v) is 5.96. The van der Waals surface area contributed by atoms with Crippen LogP contribution in [0.3, 0.4) is 0 Å². The average molecular weight is 355 g/mol. The number of hydrogen-bond acceptors (Lipinski definition) is 3. The highest BCUT2D eigenvalue weighted by atomic mass is 32.1. The Morgan fingerprint density at radius 3 is 2.32 bits per heavy atom. The first kappa shape index (κ1) is 18.6. The molecule has 0 aromatic heterocycles. The number of aryl methyl sites for hydroxylation is 1. The summed E-state index contributed by atoms with van der Waals surface area (Å²) >= 11 is 5.17. The largest absolute Gasteiger partial charge is 0.352 e. The average Bonchev–Trinajstić information content (AvgIpc) is 2.60. The molecule has 3 N–H and O–H groups in total. The third-order valence-electron chi connectivity index (χ3n) is 3.56. The van der Waals surface area contributed by atoms with Crippen LogP contribution in [0.2, 0.25) is 0 Å². The summed E-state index contributed by atoms with van der Waals surface area (Å²) < 4.78 is 0. The smallest absolute Gasteiger partial charge is 0.257 e. The normalized spacial score (nSPS) is 10.0. The maximum Gasteiger partial charge on any atom is 0.257 e. The lowest BCUT2D eigenvalue weighted by Crippen LogP contribution is -2.34. The predicted octanol–water partition coefficient (Wildman–Crippen LogP) is 3.26. The molecule has 0 aliphatic carbocycles. The lowest BCUT2D eigenvalue weighted by molar-refractivity contribution is 0.0951. The van der Waals surface area contributed by atoms with E-state index >= 15 is 0 Å². The third kappa shape index (κ3) is 5.39. The van der Waals surface area contributed by atoms with Crippen LogP contribution in [0.4, 0.5) is 5.69 Å². The number of nitrogens with one attached hydrogen (secondary N) is 3. The molecule has 25 heavy (non-hydrogen) atoms. The van der Waals surface area contributed by atoms with Crippen molar-refractivity contribution >= 4 is 34.8 Å². The third-order valence-corrected chi connectivity index (χ3v) is 3.76. The van der Waals surface area contributed by atoms with Crippen molar-refractivity contribution < 1.29 is 9.59 Å². The Kier molecular flexibility index (Phi) is 6.65. The van der Waals surface area contributed by atoms with Crippen LogP contribution < -0.4 is 16.0 Å². The first-order chi connectivity index (χ1) is 12.0. The van der Waals surface area contributed by atoms with Crippen LogP contribution in [0.5, 0.6) is 0 Å². The van der Waals surface area contributed by atoms with E-state index in [1.807, 2.05) is 26.0 Å². The van der Waals surface area contributed by atoms with Gasteiger partial charge in [0, 0.05) is 23.4 Å². The van der Waals surface area contributed by atoms with Crippen molar-refractivity contribution in [3.8, 4) is 0 Å². The summed E-state index contributed by atoms with van der Waals surface area (Å²) in [4.78, 5) is 24.1. The van der Waals surface area contributed by atoms with Crippen molar-refractivity contribution in [3.05, 3.63) is 65.2 Å². The summed E-state index contributed by atoms with van der Waals surface area (Å²) in [5.74, 6) is -0.366. The number of hydrogen-bond donors (Lipinski definition) is 3. The molecule has 6 heteroatoms. The van der Waals surface area contributed by atoms with Crippen molar-refractivity contribution in [1.82, 2.24) is 10.6 Å². The number of anilines is 1. The summed E-state index contributed by atoms with van der Waals surface area (Å²) in [7, 11) is 0. The molecule has 0 heterocycles. The Morgan fingerprint density at radius 2 is 1.68 bits per heavy atom. The highest BCUT2D eigenvalue weighted by Gasteiger charge is 2.10. The summed E-state index contributed by atoms with van der Waals surface area (Å²) in [6.45, 7) is 4.51. The van der Waals surface area contributed by atoms with Crippen molar-refractivity contribution in [2.24, 2.45) is 0 Å². The minimum Gasteiger partial charge on any atom is -0.352 e. The fourth-order valence-electron chi connectivity index (χ4n) is 2.21. The van der Waals surface area contributed by atoms with Crippen LogP contribution in [0.25, 0.3) is 0 Å². The Bertz CT molecular complexity index is 772. The van der Waals surface area contributed by atoms with E-state index in [4.69, 9.17) is 12.2 Å². The zero-order chi connectivity index (χ0) is 18.2. The number of carbonyl (C=O) groups is 2. The molecular formula is C19H21N3O2S. The van der Waals surface area contributed by atoms with E-state index in [1.165, 1.54) is 0 Å². The van der Waals surface area contributed by atoms with E-state index in [-0.39, 0.29) is 16.9 Å². The Morgan fingerprint density at radius 1 is 1.00 bits per heavy atom. The van der Waals surface area contributed by atoms with E-state index < -0.39 is 0 Å². The lowest BCUT2D eigenvalue weighted by Gasteiger charge is -2.11. The molecule has 0 aliphatic heterocycles. The highest BCUT2D eigenvalue weighted by Crippen LogP contribution is 2.10. The highest BCUT2D eigenvalue weighted by molar-refractivity contribution is 7.80. The minimum absolute atomic E-state index is 0.108. The molecular weight excluding hydrogens is 334 g/mol. The van der Waals surface area contributed by atoms with Crippen LogP contribution in [-0.2, 0) is 0 Å². The maximum atomic E-state index is 12.2. The molecule has 0 aliphatic rings. The van der Waals surface area contributed by atoms with Crippen molar-refractivity contribution in [3.63, 3.8) is 0 Å². The molecule has 0 atom stereocenters. The predicted molar refractivity (Wildman–Crippen MR) is 104 cm³/mol. The molecule has 130 valence electrons. The molecule has 2 amide bonds. The van der Waals surface area contributed by atoms with E-state index in [9.17, 15) is 9.59 Å². The zero-order valence-corrected chi connectivity index (χ0v) is 15.1. The van der Waals surface area contributed by atoms with E-state index in [0.29, 0.717) is 23.4 Å². The first-order valence-electron chi connectivity index (χ1n) is 8.07. The van der Waals surface area contributed by atoms with Gasteiger partial charge in [0.1, 0.15) is 0 Å². The Labute approximate surface area is 152 Å². The number of benzene rings is 2. The van der Waals surface area contributed by atoms with E-state index in [2.05, 4.69) is 16.0 Å². The minimum atomic E-state index is -0.258. The van der Waals surface area contributed by atoms with Gasteiger partial charge in [-0.2, -0.15) is 0 Å². The molecule has 2 rings (SSSR count). The van der Waals surface area contributed by atoms with Gasteiger partial charge in [-0.1, -0.05) is 25.1 Å². The lowest BCUT2D eigenvalue weighted by atomic mass is 10.1. The summed E-state index contributed by atoms with van der Waals surface area (Å²) in [5, 5.41) is 8.61. The Hall–Kier alpha value is -2.73. The fourth-order valence-corrected chi connectivity index (χ4v) is 2.42. The quantitative estimate of drug-likeness (QED) is 0.720. The van der Waals surface area contributed by atoms with Crippen molar-refractivity contribution in [2.45, 2.75) is 20.3 Å². The van der Waals surface area contributed by atoms with Gasteiger partial charge in [-0.05, 0) is 61.5 Å². The van der Waals surface area contributed by atoms with Crippen LogP contribution in [0.15, 0.2) is 48.5 Å². The number of thiocarbonyl (C=S) groups is 1. The van der Waals surface area contributed by atoms with Gasteiger partial charge in [0.05, 0.1) is 0 Å². The molecule has 0 fully saturated rings. The van der Waals surface area contributed by atoms with Gasteiger partial charge >= 0.3 is 0 Å². The molecule has 0 saturated carbocycles. The topological polar surface area (TPSA) is 70.2 Å². The molecule has 0 saturated heterocycles. The molecule has 5 nitrogen and oxygen atoms in total. The van der Waals surface area contributed by atoms with Crippen LogP contribution in [0.1, 0.15) is 39.6 Å². The molecule has 0 unspecified atom stereocenters. The monoisotopic (exact) mass is 355 g/mol. The molecule has 0 spiro atoms. The Balaban J connectivity index is 1.93. The van der Waals surface area contributed by atoms with Crippen LogP contribution in [0, 0.1) is 6.92 Å². The van der Waals surface area contributed by atoms with Gasteiger partial charge in [0.15, 0.2) is 5.11 Å². The van der Waals surface area contributed by atoms with Gasteiger partial charge in [0.25, 0.3) is 11.8 Å². The number of carbonyl (C=O) groups excluding carboxylic acids is 2.